The molecule has 21 heavy (non-hydrogen) atoms. The van der Waals surface area contributed by atoms with Crippen molar-refractivity contribution in [1.29, 1.82) is 0 Å². The van der Waals surface area contributed by atoms with Crippen molar-refractivity contribution in [2.75, 3.05) is 0 Å². The molecule has 3 rings (SSSR count). The highest BCUT2D eigenvalue weighted by Crippen LogP contribution is 2.42. The molecule has 1 saturated carbocycles. The number of benzene rings is 1. The van der Waals surface area contributed by atoms with Crippen molar-refractivity contribution in [3.05, 3.63) is 42.1 Å². The highest BCUT2D eigenvalue weighted by atomic mass is 16.3. The molecule has 2 nitrogen and oxygen atoms in total. The van der Waals surface area contributed by atoms with Crippen LogP contribution in [0.15, 0.2) is 36.5 Å². The minimum absolute atomic E-state index is 0.0451. The molecule has 2 heteroatoms. The van der Waals surface area contributed by atoms with E-state index in [1.807, 2.05) is 18.3 Å². The summed E-state index contributed by atoms with van der Waals surface area (Å²) in [5.41, 5.74) is 2.23. The zero-order valence-electron chi connectivity index (χ0n) is 13.2. The average Bonchev–Trinajstić information content (AvgIpc) is 2.46. The first kappa shape index (κ1) is 14.5. The predicted molar refractivity (Wildman–Crippen MR) is 87.3 cm³/mol. The van der Waals surface area contributed by atoms with Gasteiger partial charge in [0.15, 0.2) is 0 Å². The van der Waals surface area contributed by atoms with Crippen LogP contribution in [0, 0.1) is 11.8 Å². The SMILES string of the molecule is CC1CCC(C(C)(C)c2cnc3ccccc3c2)C(O)C1. The third kappa shape index (κ3) is 2.69. The Kier molecular flexibility index (Phi) is 3.75. The molecule has 0 radical (unpaired) electrons. The van der Waals surface area contributed by atoms with Gasteiger partial charge in [-0.25, -0.2) is 0 Å². The van der Waals surface area contributed by atoms with Crippen LogP contribution >= 0.6 is 0 Å². The van der Waals surface area contributed by atoms with Gasteiger partial charge in [-0.15, -0.1) is 0 Å². The van der Waals surface area contributed by atoms with Crippen LogP contribution in [0.1, 0.15) is 45.6 Å². The number of hydrogen-bond acceptors (Lipinski definition) is 2. The summed E-state index contributed by atoms with van der Waals surface area (Å²) in [5, 5.41) is 11.7. The van der Waals surface area contributed by atoms with Gasteiger partial charge in [-0.3, -0.25) is 4.98 Å². The molecule has 0 bridgehead atoms. The van der Waals surface area contributed by atoms with Crippen molar-refractivity contribution >= 4 is 10.9 Å². The number of fused-ring (bicyclic) bond motifs is 1. The van der Waals surface area contributed by atoms with Gasteiger partial charge in [-0.05, 0) is 47.8 Å². The number of nitrogens with zero attached hydrogens (tertiary/aromatic N) is 1. The monoisotopic (exact) mass is 283 g/mol. The normalized spacial score (nSPS) is 27.0. The van der Waals surface area contributed by atoms with Gasteiger partial charge in [0.2, 0.25) is 0 Å². The van der Waals surface area contributed by atoms with Crippen molar-refractivity contribution < 1.29 is 5.11 Å². The van der Waals surface area contributed by atoms with Gasteiger partial charge in [0.05, 0.1) is 11.6 Å². The number of aliphatic hydroxyl groups is 1. The summed E-state index contributed by atoms with van der Waals surface area (Å²) in [7, 11) is 0. The highest BCUT2D eigenvalue weighted by Gasteiger charge is 2.39. The van der Waals surface area contributed by atoms with Gasteiger partial charge in [-0.2, -0.15) is 0 Å². The Morgan fingerprint density at radius 3 is 2.71 bits per heavy atom. The molecule has 0 spiro atoms. The molecule has 0 saturated heterocycles. The van der Waals surface area contributed by atoms with Crippen molar-refractivity contribution in [2.45, 2.75) is 51.6 Å². The molecular weight excluding hydrogens is 258 g/mol. The van der Waals surface area contributed by atoms with E-state index < -0.39 is 0 Å². The molecule has 1 aliphatic rings. The summed E-state index contributed by atoms with van der Waals surface area (Å²) in [4.78, 5) is 4.60. The molecule has 1 aliphatic carbocycles. The van der Waals surface area contributed by atoms with E-state index in [4.69, 9.17) is 0 Å². The Bertz CT molecular complexity index is 634. The van der Waals surface area contributed by atoms with Gasteiger partial charge in [0.1, 0.15) is 0 Å². The maximum Gasteiger partial charge on any atom is 0.0702 e. The second kappa shape index (κ2) is 5.42. The first-order valence-corrected chi connectivity index (χ1v) is 8.02. The summed E-state index contributed by atoms with van der Waals surface area (Å²) in [6, 6.07) is 10.5. The fourth-order valence-electron chi connectivity index (χ4n) is 3.83. The van der Waals surface area contributed by atoms with Crippen molar-refractivity contribution in [3.63, 3.8) is 0 Å². The van der Waals surface area contributed by atoms with Crippen LogP contribution in [0.25, 0.3) is 10.9 Å². The molecule has 1 fully saturated rings. The number of pyridine rings is 1. The Morgan fingerprint density at radius 1 is 1.19 bits per heavy atom. The first-order valence-electron chi connectivity index (χ1n) is 8.02. The fraction of sp³-hybridized carbons (Fsp3) is 0.526. The largest absolute Gasteiger partial charge is 0.393 e. The lowest BCUT2D eigenvalue weighted by molar-refractivity contribution is 0.0143. The van der Waals surface area contributed by atoms with E-state index in [0.717, 1.165) is 18.4 Å². The number of hydrogen-bond donors (Lipinski definition) is 1. The summed E-state index contributed by atoms with van der Waals surface area (Å²) >= 11 is 0. The summed E-state index contributed by atoms with van der Waals surface area (Å²) in [6.07, 6.45) is 5.03. The van der Waals surface area contributed by atoms with Gasteiger partial charge >= 0.3 is 0 Å². The van der Waals surface area contributed by atoms with Crippen LogP contribution in [-0.2, 0) is 5.41 Å². The minimum Gasteiger partial charge on any atom is -0.393 e. The Balaban J connectivity index is 1.95. The third-order valence-electron chi connectivity index (χ3n) is 5.34. The molecule has 0 amide bonds. The maximum absolute atomic E-state index is 10.5. The molecule has 112 valence electrons. The van der Waals surface area contributed by atoms with E-state index in [2.05, 4.69) is 44.0 Å². The van der Waals surface area contributed by atoms with Crippen LogP contribution in [-0.4, -0.2) is 16.2 Å². The van der Waals surface area contributed by atoms with E-state index in [0.29, 0.717) is 11.8 Å². The lowest BCUT2D eigenvalue weighted by Gasteiger charge is -2.42. The lowest BCUT2D eigenvalue weighted by atomic mass is 9.65. The van der Waals surface area contributed by atoms with E-state index in [1.54, 1.807) is 0 Å². The maximum atomic E-state index is 10.5. The van der Waals surface area contributed by atoms with Gasteiger partial charge in [-0.1, -0.05) is 45.4 Å². The molecule has 2 aromatic rings. The summed E-state index contributed by atoms with van der Waals surface area (Å²) in [5.74, 6) is 0.957. The topological polar surface area (TPSA) is 33.1 Å². The van der Waals surface area contributed by atoms with Crippen LogP contribution in [0.4, 0.5) is 0 Å². The average molecular weight is 283 g/mol. The van der Waals surface area contributed by atoms with Crippen LogP contribution in [0.3, 0.4) is 0 Å². The number of rotatable bonds is 2. The third-order valence-corrected chi connectivity index (χ3v) is 5.34. The van der Waals surface area contributed by atoms with Gasteiger partial charge in [0, 0.05) is 11.6 Å². The zero-order chi connectivity index (χ0) is 15.0. The van der Waals surface area contributed by atoms with Crippen LogP contribution in [0.2, 0.25) is 0 Å². The van der Waals surface area contributed by atoms with Crippen molar-refractivity contribution in [1.82, 2.24) is 4.98 Å². The van der Waals surface area contributed by atoms with Crippen LogP contribution in [0.5, 0.6) is 0 Å². The molecule has 0 aliphatic heterocycles. The minimum atomic E-state index is -0.199. The van der Waals surface area contributed by atoms with Crippen molar-refractivity contribution in [2.24, 2.45) is 11.8 Å². The quantitative estimate of drug-likeness (QED) is 0.891. The van der Waals surface area contributed by atoms with Gasteiger partial charge < -0.3 is 5.11 Å². The molecule has 3 atom stereocenters. The Hall–Kier alpha value is -1.41. The standard InChI is InChI=1S/C19H25NO/c1-13-8-9-16(18(21)10-13)19(2,3)15-11-14-6-4-5-7-17(14)20-12-15/h4-7,11-13,16,18,21H,8-10H2,1-3H3. The second-order valence-electron chi connectivity index (χ2n) is 7.23. The molecule has 3 unspecified atom stereocenters. The number of para-hydroxylation sites is 1. The molecule has 1 aromatic carbocycles. The van der Waals surface area contributed by atoms with E-state index >= 15 is 0 Å². The highest BCUT2D eigenvalue weighted by molar-refractivity contribution is 5.79. The Morgan fingerprint density at radius 2 is 1.95 bits per heavy atom. The smallest absolute Gasteiger partial charge is 0.0702 e. The summed E-state index contributed by atoms with van der Waals surface area (Å²) in [6.45, 7) is 6.75. The first-order chi connectivity index (χ1) is 9.98. The molecule has 1 aromatic heterocycles. The van der Waals surface area contributed by atoms with Crippen molar-refractivity contribution in [3.8, 4) is 0 Å². The van der Waals surface area contributed by atoms with Crippen LogP contribution < -0.4 is 0 Å². The van der Waals surface area contributed by atoms with E-state index in [9.17, 15) is 5.11 Å². The summed E-state index contributed by atoms with van der Waals surface area (Å²) < 4.78 is 0. The Labute approximate surface area is 127 Å². The predicted octanol–water partition coefficient (Wildman–Crippen LogP) is 4.31. The molecule has 1 heterocycles. The van der Waals surface area contributed by atoms with Gasteiger partial charge in [0.25, 0.3) is 0 Å². The van der Waals surface area contributed by atoms with E-state index in [1.165, 1.54) is 17.4 Å². The number of aromatic nitrogens is 1. The number of aliphatic hydroxyl groups excluding tert-OH is 1. The lowest BCUT2D eigenvalue weighted by Crippen LogP contribution is -2.41. The molecular formula is C19H25NO. The molecule has 1 N–H and O–H groups in total. The fourth-order valence-corrected chi connectivity index (χ4v) is 3.83. The zero-order valence-corrected chi connectivity index (χ0v) is 13.2. The second-order valence-corrected chi connectivity index (χ2v) is 7.23. The van der Waals surface area contributed by atoms with E-state index in [-0.39, 0.29) is 11.5 Å².